The van der Waals surface area contributed by atoms with Crippen LogP contribution in [0.5, 0.6) is 5.75 Å². The summed E-state index contributed by atoms with van der Waals surface area (Å²) < 4.78 is 5.36. The SMILES string of the molecule is CCc1cc(C)cc(CS)c1OC. The second kappa shape index (κ2) is 4.56. The van der Waals surface area contributed by atoms with Crippen molar-refractivity contribution in [3.63, 3.8) is 0 Å². The lowest BCUT2D eigenvalue weighted by atomic mass is 10.0. The molecule has 1 aromatic carbocycles. The molecule has 0 amide bonds. The standard InChI is InChI=1S/C11H16OS/c1-4-9-5-8(2)6-10(7-13)11(9)12-3/h5-6,13H,4,7H2,1-3H3. The van der Waals surface area contributed by atoms with Gasteiger partial charge in [-0.15, -0.1) is 0 Å². The summed E-state index contributed by atoms with van der Waals surface area (Å²) in [6, 6.07) is 4.30. The summed E-state index contributed by atoms with van der Waals surface area (Å²) in [5.41, 5.74) is 3.73. The number of hydrogen-bond donors (Lipinski definition) is 1. The molecular weight excluding hydrogens is 180 g/mol. The Kier molecular flexibility index (Phi) is 3.67. The Balaban J connectivity index is 3.25. The maximum atomic E-state index is 5.36. The molecule has 1 rings (SSSR count). The van der Waals surface area contributed by atoms with Gasteiger partial charge in [-0.3, -0.25) is 0 Å². The lowest BCUT2D eigenvalue weighted by Gasteiger charge is -2.12. The van der Waals surface area contributed by atoms with Gasteiger partial charge in [0.1, 0.15) is 5.75 Å². The van der Waals surface area contributed by atoms with Gasteiger partial charge in [-0.05, 0) is 18.9 Å². The third-order valence-electron chi connectivity index (χ3n) is 2.14. The minimum Gasteiger partial charge on any atom is -0.496 e. The number of rotatable bonds is 3. The Labute approximate surface area is 85.5 Å². The van der Waals surface area contributed by atoms with Gasteiger partial charge in [0.2, 0.25) is 0 Å². The molecule has 2 heteroatoms. The van der Waals surface area contributed by atoms with E-state index in [2.05, 4.69) is 38.6 Å². The van der Waals surface area contributed by atoms with Crippen LogP contribution in [0.2, 0.25) is 0 Å². The highest BCUT2D eigenvalue weighted by molar-refractivity contribution is 7.79. The number of aryl methyl sites for hydroxylation is 2. The highest BCUT2D eigenvalue weighted by atomic mass is 32.1. The fraction of sp³-hybridized carbons (Fsp3) is 0.455. The van der Waals surface area contributed by atoms with Gasteiger partial charge in [0.25, 0.3) is 0 Å². The molecular formula is C11H16OS. The number of thiol groups is 1. The Morgan fingerprint density at radius 1 is 1.31 bits per heavy atom. The molecule has 0 radical (unpaired) electrons. The van der Waals surface area contributed by atoms with E-state index in [1.807, 2.05) is 0 Å². The molecule has 0 spiro atoms. The number of methoxy groups -OCH3 is 1. The Bertz CT molecular complexity index is 269. The predicted molar refractivity (Wildman–Crippen MR) is 59.8 cm³/mol. The lowest BCUT2D eigenvalue weighted by Crippen LogP contribution is -1.96. The molecule has 0 bridgehead atoms. The first-order valence-electron chi connectivity index (χ1n) is 4.50. The Morgan fingerprint density at radius 3 is 2.38 bits per heavy atom. The molecule has 0 aliphatic heterocycles. The second-order valence-corrected chi connectivity index (χ2v) is 3.44. The van der Waals surface area contributed by atoms with Crippen LogP contribution in [0.15, 0.2) is 12.1 Å². The number of hydrogen-bond acceptors (Lipinski definition) is 2. The molecule has 0 heterocycles. The van der Waals surface area contributed by atoms with E-state index in [0.29, 0.717) is 0 Å². The zero-order valence-corrected chi connectivity index (χ0v) is 9.32. The van der Waals surface area contributed by atoms with E-state index >= 15 is 0 Å². The summed E-state index contributed by atoms with van der Waals surface area (Å²) in [5, 5.41) is 0. The van der Waals surface area contributed by atoms with E-state index < -0.39 is 0 Å². The van der Waals surface area contributed by atoms with Gasteiger partial charge in [0, 0.05) is 11.3 Å². The predicted octanol–water partition coefficient (Wildman–Crippen LogP) is 3.00. The summed E-state index contributed by atoms with van der Waals surface area (Å²) >= 11 is 4.29. The van der Waals surface area contributed by atoms with E-state index in [0.717, 1.165) is 17.9 Å². The Morgan fingerprint density at radius 2 is 1.92 bits per heavy atom. The first kappa shape index (κ1) is 10.5. The summed E-state index contributed by atoms with van der Waals surface area (Å²) in [7, 11) is 1.72. The van der Waals surface area contributed by atoms with Crippen molar-refractivity contribution >= 4 is 12.6 Å². The van der Waals surface area contributed by atoms with E-state index in [1.54, 1.807) is 7.11 Å². The quantitative estimate of drug-likeness (QED) is 0.731. The first-order valence-corrected chi connectivity index (χ1v) is 5.13. The van der Waals surface area contributed by atoms with Crippen molar-refractivity contribution in [2.45, 2.75) is 26.0 Å². The average Bonchev–Trinajstić information content (AvgIpc) is 2.16. The molecule has 13 heavy (non-hydrogen) atoms. The van der Waals surface area contributed by atoms with Crippen LogP contribution in [0.4, 0.5) is 0 Å². The molecule has 0 aliphatic carbocycles. The molecule has 0 unspecified atom stereocenters. The highest BCUT2D eigenvalue weighted by Crippen LogP contribution is 2.27. The zero-order valence-electron chi connectivity index (χ0n) is 8.42. The summed E-state index contributed by atoms with van der Waals surface area (Å²) in [4.78, 5) is 0. The fourth-order valence-electron chi connectivity index (χ4n) is 1.57. The van der Waals surface area contributed by atoms with Gasteiger partial charge in [0.15, 0.2) is 0 Å². The minimum absolute atomic E-state index is 0.734. The molecule has 0 saturated carbocycles. The van der Waals surface area contributed by atoms with Crippen LogP contribution in [0.3, 0.4) is 0 Å². The molecule has 0 saturated heterocycles. The molecule has 0 aliphatic rings. The van der Waals surface area contributed by atoms with E-state index in [9.17, 15) is 0 Å². The molecule has 0 fully saturated rings. The van der Waals surface area contributed by atoms with Crippen LogP contribution in [-0.4, -0.2) is 7.11 Å². The molecule has 72 valence electrons. The highest BCUT2D eigenvalue weighted by Gasteiger charge is 2.07. The maximum absolute atomic E-state index is 5.36. The molecule has 1 aromatic rings. The van der Waals surface area contributed by atoms with Crippen molar-refractivity contribution in [1.29, 1.82) is 0 Å². The van der Waals surface area contributed by atoms with Gasteiger partial charge in [-0.25, -0.2) is 0 Å². The van der Waals surface area contributed by atoms with Crippen molar-refractivity contribution in [3.8, 4) is 5.75 Å². The molecule has 0 N–H and O–H groups in total. The summed E-state index contributed by atoms with van der Waals surface area (Å²) in [6.07, 6.45) is 1.01. The summed E-state index contributed by atoms with van der Waals surface area (Å²) in [5.74, 6) is 1.74. The molecule has 1 nitrogen and oxygen atoms in total. The number of benzene rings is 1. The van der Waals surface area contributed by atoms with E-state index in [4.69, 9.17) is 4.74 Å². The zero-order chi connectivity index (χ0) is 9.84. The van der Waals surface area contributed by atoms with Gasteiger partial charge in [-0.2, -0.15) is 12.6 Å². The number of ether oxygens (including phenoxy) is 1. The van der Waals surface area contributed by atoms with Crippen LogP contribution >= 0.6 is 12.6 Å². The maximum Gasteiger partial charge on any atom is 0.126 e. The second-order valence-electron chi connectivity index (χ2n) is 3.13. The minimum atomic E-state index is 0.734. The van der Waals surface area contributed by atoms with Crippen LogP contribution < -0.4 is 4.74 Å². The van der Waals surface area contributed by atoms with Crippen molar-refractivity contribution in [2.75, 3.05) is 7.11 Å². The fourth-order valence-corrected chi connectivity index (χ4v) is 1.81. The monoisotopic (exact) mass is 196 g/mol. The summed E-state index contributed by atoms with van der Waals surface area (Å²) in [6.45, 7) is 4.24. The first-order chi connectivity index (χ1) is 6.22. The molecule has 0 aromatic heterocycles. The van der Waals surface area contributed by atoms with Gasteiger partial charge >= 0.3 is 0 Å². The van der Waals surface area contributed by atoms with Crippen LogP contribution in [0, 0.1) is 6.92 Å². The van der Waals surface area contributed by atoms with E-state index in [1.165, 1.54) is 16.7 Å². The van der Waals surface area contributed by atoms with Crippen molar-refractivity contribution in [2.24, 2.45) is 0 Å². The van der Waals surface area contributed by atoms with Gasteiger partial charge < -0.3 is 4.74 Å². The van der Waals surface area contributed by atoms with Crippen molar-refractivity contribution in [3.05, 3.63) is 28.8 Å². The van der Waals surface area contributed by atoms with Crippen LogP contribution in [-0.2, 0) is 12.2 Å². The van der Waals surface area contributed by atoms with Crippen molar-refractivity contribution < 1.29 is 4.74 Å². The molecule has 0 atom stereocenters. The van der Waals surface area contributed by atoms with Gasteiger partial charge in [-0.1, -0.05) is 24.6 Å². The Hall–Kier alpha value is -0.630. The van der Waals surface area contributed by atoms with Gasteiger partial charge in [0.05, 0.1) is 7.11 Å². The topological polar surface area (TPSA) is 9.23 Å². The van der Waals surface area contributed by atoms with E-state index in [-0.39, 0.29) is 0 Å². The third-order valence-corrected chi connectivity index (χ3v) is 2.48. The van der Waals surface area contributed by atoms with Crippen LogP contribution in [0.25, 0.3) is 0 Å². The average molecular weight is 196 g/mol. The smallest absolute Gasteiger partial charge is 0.126 e. The van der Waals surface area contributed by atoms with Crippen molar-refractivity contribution in [1.82, 2.24) is 0 Å². The third kappa shape index (κ3) is 2.19. The largest absolute Gasteiger partial charge is 0.496 e. The van der Waals surface area contributed by atoms with Crippen LogP contribution in [0.1, 0.15) is 23.6 Å². The normalized spacial score (nSPS) is 10.2. The lowest BCUT2D eigenvalue weighted by molar-refractivity contribution is 0.406.